The number of pyridine rings is 1. The van der Waals surface area contributed by atoms with E-state index >= 15 is 0 Å². The number of rotatable bonds is 3. The summed E-state index contributed by atoms with van der Waals surface area (Å²) in [5.74, 6) is -3.08. The maximum absolute atomic E-state index is 13.4. The zero-order valence-electron chi connectivity index (χ0n) is 14.3. The molecule has 1 heterocycles. The number of carbonyl (C=O) groups is 2. The highest BCUT2D eigenvalue weighted by Crippen LogP contribution is 2.37. The van der Waals surface area contributed by atoms with E-state index in [0.717, 1.165) is 14.2 Å². The van der Waals surface area contributed by atoms with E-state index in [0.29, 0.717) is 0 Å². The molecular formula is C14H15F6NO4Si. The molecule has 0 fully saturated rings. The summed E-state index contributed by atoms with van der Waals surface area (Å²) in [6.45, 7) is 4.13. The molecule has 12 heteroatoms. The number of ether oxygens (including phenoxy) is 2. The average molecular weight is 403 g/mol. The van der Waals surface area contributed by atoms with E-state index in [2.05, 4.69) is 14.5 Å². The van der Waals surface area contributed by atoms with Gasteiger partial charge in [0.1, 0.15) is 0 Å². The Bertz CT molecular complexity index is 685. The standard InChI is InChI=1S/C14H15F6NO4Si/c1-24-11(22)6-8(26(3,4)5)7(12(23)25-2)10(14(18,19)20)21-9(6)13(15,16)17/h1-5H3. The van der Waals surface area contributed by atoms with E-state index in [1.165, 1.54) is 19.6 Å². The molecule has 0 spiro atoms. The third kappa shape index (κ3) is 4.16. The molecule has 0 bridgehead atoms. The quantitative estimate of drug-likeness (QED) is 0.441. The molecule has 26 heavy (non-hydrogen) atoms. The van der Waals surface area contributed by atoms with Crippen molar-refractivity contribution in [2.24, 2.45) is 0 Å². The summed E-state index contributed by atoms with van der Waals surface area (Å²) < 4.78 is 88.8. The Morgan fingerprint density at radius 3 is 1.31 bits per heavy atom. The SMILES string of the molecule is COC(=O)c1c(C(F)(F)F)nc(C(F)(F)F)c(C(=O)OC)c1[Si](C)(C)C. The van der Waals surface area contributed by atoms with E-state index < -0.39 is 60.1 Å². The number of hydrogen-bond acceptors (Lipinski definition) is 5. The summed E-state index contributed by atoms with van der Waals surface area (Å²) in [7, 11) is -1.60. The van der Waals surface area contributed by atoms with Crippen molar-refractivity contribution >= 4 is 25.2 Å². The highest BCUT2D eigenvalue weighted by molar-refractivity contribution is 6.90. The second-order valence-corrected chi connectivity index (χ2v) is 11.2. The monoisotopic (exact) mass is 403 g/mol. The highest BCUT2D eigenvalue weighted by atomic mass is 28.3. The van der Waals surface area contributed by atoms with Crippen LogP contribution in [0, 0.1) is 0 Å². The van der Waals surface area contributed by atoms with Crippen LogP contribution in [0.4, 0.5) is 26.3 Å². The van der Waals surface area contributed by atoms with Gasteiger partial charge in [0.15, 0.2) is 11.4 Å². The first-order valence-corrected chi connectivity index (χ1v) is 10.5. The van der Waals surface area contributed by atoms with Crippen molar-refractivity contribution in [2.45, 2.75) is 32.0 Å². The van der Waals surface area contributed by atoms with Gasteiger partial charge in [0, 0.05) is 0 Å². The molecule has 0 aliphatic carbocycles. The van der Waals surface area contributed by atoms with Gasteiger partial charge in [-0.15, -0.1) is 0 Å². The Hall–Kier alpha value is -2.11. The van der Waals surface area contributed by atoms with Crippen molar-refractivity contribution in [3.8, 4) is 0 Å². The number of alkyl halides is 6. The minimum absolute atomic E-state index is 0.675. The first kappa shape index (κ1) is 21.9. The van der Waals surface area contributed by atoms with Crippen LogP contribution in [0.5, 0.6) is 0 Å². The van der Waals surface area contributed by atoms with Gasteiger partial charge < -0.3 is 9.47 Å². The Labute approximate surface area is 145 Å². The van der Waals surface area contributed by atoms with Gasteiger partial charge in [0.2, 0.25) is 0 Å². The van der Waals surface area contributed by atoms with Crippen LogP contribution in [-0.4, -0.2) is 39.2 Å². The predicted molar refractivity (Wildman–Crippen MR) is 79.9 cm³/mol. The third-order valence-electron chi connectivity index (χ3n) is 3.26. The number of nitrogens with zero attached hydrogens (tertiary/aromatic N) is 1. The molecule has 0 saturated carbocycles. The van der Waals surface area contributed by atoms with Crippen molar-refractivity contribution in [3.63, 3.8) is 0 Å². The normalized spacial score (nSPS) is 12.7. The van der Waals surface area contributed by atoms with Gasteiger partial charge in [-0.2, -0.15) is 26.3 Å². The number of esters is 2. The maximum Gasteiger partial charge on any atom is 0.434 e. The van der Waals surface area contributed by atoms with Crippen LogP contribution < -0.4 is 5.19 Å². The van der Waals surface area contributed by atoms with Crippen LogP contribution >= 0.6 is 0 Å². The van der Waals surface area contributed by atoms with E-state index in [1.807, 2.05) is 0 Å². The minimum Gasteiger partial charge on any atom is -0.465 e. The van der Waals surface area contributed by atoms with E-state index in [9.17, 15) is 35.9 Å². The van der Waals surface area contributed by atoms with Crippen molar-refractivity contribution in [2.75, 3.05) is 14.2 Å². The maximum atomic E-state index is 13.4. The first-order chi connectivity index (χ1) is 11.6. The van der Waals surface area contributed by atoms with Gasteiger partial charge in [-0.3, -0.25) is 0 Å². The fraction of sp³-hybridized carbons (Fsp3) is 0.500. The van der Waals surface area contributed by atoms with Gasteiger partial charge in [-0.1, -0.05) is 19.6 Å². The zero-order valence-corrected chi connectivity index (χ0v) is 15.3. The van der Waals surface area contributed by atoms with Crippen molar-refractivity contribution < 1.29 is 45.4 Å². The van der Waals surface area contributed by atoms with E-state index in [-0.39, 0.29) is 0 Å². The summed E-state index contributed by atoms with van der Waals surface area (Å²) in [4.78, 5) is 26.6. The van der Waals surface area contributed by atoms with Gasteiger partial charge in [0.05, 0.1) is 33.4 Å². The van der Waals surface area contributed by atoms with Crippen LogP contribution in [0.1, 0.15) is 32.1 Å². The molecule has 0 aliphatic rings. The lowest BCUT2D eigenvalue weighted by Crippen LogP contribution is -2.48. The summed E-state index contributed by atoms with van der Waals surface area (Å²) in [6, 6.07) is 0. The highest BCUT2D eigenvalue weighted by Gasteiger charge is 2.49. The molecular weight excluding hydrogens is 388 g/mol. The molecule has 1 aromatic heterocycles. The van der Waals surface area contributed by atoms with Crippen molar-refractivity contribution in [1.29, 1.82) is 0 Å². The molecule has 0 aromatic carbocycles. The smallest absolute Gasteiger partial charge is 0.434 e. The van der Waals surface area contributed by atoms with Crippen molar-refractivity contribution in [3.05, 3.63) is 22.5 Å². The summed E-state index contributed by atoms with van der Waals surface area (Å²) >= 11 is 0. The average Bonchev–Trinajstić information content (AvgIpc) is 2.48. The topological polar surface area (TPSA) is 65.5 Å². The number of aromatic nitrogens is 1. The number of hydrogen-bond donors (Lipinski definition) is 0. The molecule has 0 radical (unpaired) electrons. The minimum atomic E-state index is -5.38. The molecule has 1 aromatic rings. The van der Waals surface area contributed by atoms with Gasteiger partial charge in [-0.25, -0.2) is 14.6 Å². The Balaban J connectivity index is 4.32. The number of halogens is 6. The van der Waals surface area contributed by atoms with Crippen LogP contribution in [0.3, 0.4) is 0 Å². The van der Waals surface area contributed by atoms with E-state index in [1.54, 1.807) is 0 Å². The van der Waals surface area contributed by atoms with Crippen LogP contribution in [0.15, 0.2) is 0 Å². The summed E-state index contributed by atoms with van der Waals surface area (Å²) in [6.07, 6.45) is -10.8. The molecule has 0 saturated heterocycles. The molecule has 1 rings (SSSR count). The van der Waals surface area contributed by atoms with Gasteiger partial charge in [-0.05, 0) is 5.19 Å². The lowest BCUT2D eigenvalue weighted by atomic mass is 10.1. The van der Waals surface area contributed by atoms with E-state index in [4.69, 9.17) is 0 Å². The fourth-order valence-electron chi connectivity index (χ4n) is 2.35. The first-order valence-electron chi connectivity index (χ1n) is 6.96. The van der Waals surface area contributed by atoms with Crippen LogP contribution in [0.25, 0.3) is 0 Å². The number of methoxy groups -OCH3 is 2. The predicted octanol–water partition coefficient (Wildman–Crippen LogP) is 3.24. The Morgan fingerprint density at radius 1 is 0.808 bits per heavy atom. The molecule has 5 nitrogen and oxygen atoms in total. The molecule has 0 N–H and O–H groups in total. The lowest BCUT2D eigenvalue weighted by Gasteiger charge is -2.27. The summed E-state index contributed by atoms with van der Waals surface area (Å²) in [5.41, 5.74) is -6.51. The number of carbonyl (C=O) groups excluding carboxylic acids is 2. The molecule has 0 amide bonds. The van der Waals surface area contributed by atoms with Gasteiger partial charge in [0.25, 0.3) is 0 Å². The fourth-order valence-corrected chi connectivity index (χ4v) is 4.29. The third-order valence-corrected chi connectivity index (χ3v) is 5.26. The molecule has 0 unspecified atom stereocenters. The van der Waals surface area contributed by atoms with Crippen molar-refractivity contribution in [1.82, 2.24) is 4.98 Å². The molecule has 146 valence electrons. The Kier molecular flexibility index (Phi) is 5.81. The molecule has 0 aliphatic heterocycles. The summed E-state index contributed by atoms with van der Waals surface area (Å²) in [5, 5.41) is -0.675. The molecule has 0 atom stereocenters. The Morgan fingerprint density at radius 2 is 1.12 bits per heavy atom. The van der Waals surface area contributed by atoms with Crippen LogP contribution in [-0.2, 0) is 21.8 Å². The zero-order chi connectivity index (χ0) is 20.7. The second-order valence-electron chi connectivity index (χ2n) is 6.16. The van der Waals surface area contributed by atoms with Crippen LogP contribution in [0.2, 0.25) is 19.6 Å². The largest absolute Gasteiger partial charge is 0.465 e. The lowest BCUT2D eigenvalue weighted by molar-refractivity contribution is -0.150. The van der Waals surface area contributed by atoms with Gasteiger partial charge >= 0.3 is 24.3 Å². The second kappa shape index (κ2) is 6.89.